The van der Waals surface area contributed by atoms with Gasteiger partial charge in [0.15, 0.2) is 0 Å². The smallest absolute Gasteiger partial charge is 0.276 e. The highest BCUT2D eigenvalue weighted by Crippen LogP contribution is 2.42. The molecule has 0 saturated carbocycles. The standard InChI is InChI=1S/C9H3ClF6O/c10-7(17)4-2-1-3-5(8(11,12)13)6(4)9(14,15)16/h1-3H. The summed E-state index contributed by atoms with van der Waals surface area (Å²) in [4.78, 5) is 10.7. The summed E-state index contributed by atoms with van der Waals surface area (Å²) in [5.74, 6) is 0. The van der Waals surface area contributed by atoms with Gasteiger partial charge in [-0.15, -0.1) is 0 Å². The van der Waals surface area contributed by atoms with Crippen molar-refractivity contribution in [1.29, 1.82) is 0 Å². The summed E-state index contributed by atoms with van der Waals surface area (Å²) in [6.07, 6.45) is -10.5. The van der Waals surface area contributed by atoms with E-state index in [2.05, 4.69) is 0 Å². The van der Waals surface area contributed by atoms with Crippen molar-refractivity contribution in [3.8, 4) is 0 Å². The summed E-state index contributed by atoms with van der Waals surface area (Å²) in [5.41, 5.74) is -5.21. The maximum absolute atomic E-state index is 12.5. The van der Waals surface area contributed by atoms with Crippen LogP contribution >= 0.6 is 11.6 Å². The number of hydrogen-bond donors (Lipinski definition) is 0. The van der Waals surface area contributed by atoms with Crippen LogP contribution in [0.3, 0.4) is 0 Å². The van der Waals surface area contributed by atoms with Crippen LogP contribution in [0.15, 0.2) is 18.2 Å². The second kappa shape index (κ2) is 4.21. The van der Waals surface area contributed by atoms with Crippen molar-refractivity contribution < 1.29 is 31.1 Å². The molecule has 0 aliphatic heterocycles. The zero-order valence-corrected chi connectivity index (χ0v) is 8.54. The largest absolute Gasteiger partial charge is 0.417 e. The van der Waals surface area contributed by atoms with Crippen molar-refractivity contribution in [3.05, 3.63) is 34.9 Å². The lowest BCUT2D eigenvalue weighted by Gasteiger charge is -2.17. The first-order valence-electron chi connectivity index (χ1n) is 4.02. The Morgan fingerprint density at radius 2 is 1.53 bits per heavy atom. The van der Waals surface area contributed by atoms with Gasteiger partial charge in [0, 0.05) is 5.56 Å². The Bertz CT molecular complexity index is 448. The fourth-order valence-corrected chi connectivity index (χ4v) is 1.42. The van der Waals surface area contributed by atoms with Gasteiger partial charge < -0.3 is 0 Å². The van der Waals surface area contributed by atoms with Gasteiger partial charge >= 0.3 is 12.4 Å². The number of rotatable bonds is 1. The zero-order chi connectivity index (χ0) is 13.4. The predicted octanol–water partition coefficient (Wildman–Crippen LogP) is 4.10. The summed E-state index contributed by atoms with van der Waals surface area (Å²) in [5, 5.41) is -1.59. The molecule has 1 rings (SSSR count). The Morgan fingerprint density at radius 3 is 1.88 bits per heavy atom. The van der Waals surface area contributed by atoms with Crippen LogP contribution in [0.25, 0.3) is 0 Å². The zero-order valence-electron chi connectivity index (χ0n) is 7.79. The van der Waals surface area contributed by atoms with Crippen LogP contribution < -0.4 is 0 Å². The van der Waals surface area contributed by atoms with Crippen molar-refractivity contribution >= 4 is 16.8 Å². The first kappa shape index (κ1) is 13.8. The summed E-state index contributed by atoms with van der Waals surface area (Å²) in [6, 6.07) is 1.52. The molecule has 1 aromatic rings. The third-order valence-electron chi connectivity index (χ3n) is 1.87. The number of benzene rings is 1. The van der Waals surface area contributed by atoms with E-state index >= 15 is 0 Å². The van der Waals surface area contributed by atoms with Gasteiger partial charge in [-0.1, -0.05) is 6.07 Å². The molecule has 0 unspecified atom stereocenters. The number of hydrogen-bond acceptors (Lipinski definition) is 1. The van der Waals surface area contributed by atoms with Crippen molar-refractivity contribution in [1.82, 2.24) is 0 Å². The summed E-state index contributed by atoms with van der Waals surface area (Å²) < 4.78 is 74.6. The Kier molecular flexibility index (Phi) is 3.42. The van der Waals surface area contributed by atoms with E-state index in [1.165, 1.54) is 0 Å². The molecule has 0 N–H and O–H groups in total. The summed E-state index contributed by atoms with van der Waals surface area (Å²) in [6.45, 7) is 0. The average molecular weight is 277 g/mol. The van der Waals surface area contributed by atoms with Crippen molar-refractivity contribution in [2.45, 2.75) is 12.4 Å². The molecule has 0 atom stereocenters. The van der Waals surface area contributed by atoms with Gasteiger partial charge in [-0.2, -0.15) is 26.3 Å². The Balaban J connectivity index is 3.64. The second-order valence-electron chi connectivity index (χ2n) is 3.00. The number of halogens is 7. The number of carbonyl (C=O) groups is 1. The molecule has 0 heterocycles. The first-order valence-corrected chi connectivity index (χ1v) is 4.40. The maximum atomic E-state index is 12.5. The van der Waals surface area contributed by atoms with Gasteiger partial charge in [0.2, 0.25) is 0 Å². The van der Waals surface area contributed by atoms with Gasteiger partial charge in [0.05, 0.1) is 11.1 Å². The van der Waals surface area contributed by atoms with E-state index in [0.717, 1.165) is 0 Å². The van der Waals surface area contributed by atoms with Gasteiger partial charge in [0.25, 0.3) is 5.24 Å². The molecule has 8 heteroatoms. The predicted molar refractivity (Wildman–Crippen MR) is 46.6 cm³/mol. The van der Waals surface area contributed by atoms with E-state index in [1.807, 2.05) is 0 Å². The molecule has 0 aliphatic rings. The van der Waals surface area contributed by atoms with E-state index in [0.29, 0.717) is 12.1 Å². The third-order valence-corrected chi connectivity index (χ3v) is 2.07. The Hall–Kier alpha value is -1.24. The lowest BCUT2D eigenvalue weighted by Crippen LogP contribution is -2.19. The van der Waals surface area contributed by atoms with Gasteiger partial charge in [-0.3, -0.25) is 4.79 Å². The molecule has 0 amide bonds. The van der Waals surface area contributed by atoms with Crippen molar-refractivity contribution in [3.63, 3.8) is 0 Å². The molecule has 94 valence electrons. The molecule has 0 aromatic heterocycles. The van der Waals surface area contributed by atoms with Crippen LogP contribution in [0.1, 0.15) is 21.5 Å². The average Bonchev–Trinajstić information content (AvgIpc) is 2.13. The highest BCUT2D eigenvalue weighted by Gasteiger charge is 2.45. The Labute approximate surface area is 96.0 Å². The Morgan fingerprint density at radius 1 is 1.00 bits per heavy atom. The fourth-order valence-electron chi connectivity index (χ4n) is 1.26. The normalized spacial score (nSPS) is 12.6. The minimum atomic E-state index is -5.31. The molecular weight excluding hydrogens is 274 g/mol. The number of alkyl halides is 6. The number of carbonyl (C=O) groups excluding carboxylic acids is 1. The van der Waals surface area contributed by atoms with E-state index in [-0.39, 0.29) is 6.07 Å². The lowest BCUT2D eigenvalue weighted by atomic mass is 10.0. The molecule has 0 aliphatic carbocycles. The molecule has 1 nitrogen and oxygen atoms in total. The lowest BCUT2D eigenvalue weighted by molar-refractivity contribution is -0.162. The molecule has 0 spiro atoms. The van der Waals surface area contributed by atoms with E-state index < -0.39 is 34.3 Å². The molecule has 1 aromatic carbocycles. The minimum absolute atomic E-state index is 0.242. The fraction of sp³-hybridized carbons (Fsp3) is 0.222. The third kappa shape index (κ3) is 2.91. The van der Waals surface area contributed by atoms with Gasteiger partial charge in [0.1, 0.15) is 0 Å². The van der Waals surface area contributed by atoms with Crippen LogP contribution in [0.5, 0.6) is 0 Å². The van der Waals surface area contributed by atoms with E-state index in [9.17, 15) is 31.1 Å². The van der Waals surface area contributed by atoms with Crippen LogP contribution in [0.2, 0.25) is 0 Å². The minimum Gasteiger partial charge on any atom is -0.276 e. The topological polar surface area (TPSA) is 17.1 Å². The molecule has 0 bridgehead atoms. The quantitative estimate of drug-likeness (QED) is 0.557. The van der Waals surface area contributed by atoms with Crippen LogP contribution in [-0.2, 0) is 12.4 Å². The summed E-state index contributed by atoms with van der Waals surface area (Å²) in [7, 11) is 0. The molecule has 17 heavy (non-hydrogen) atoms. The van der Waals surface area contributed by atoms with E-state index in [4.69, 9.17) is 11.6 Å². The monoisotopic (exact) mass is 276 g/mol. The van der Waals surface area contributed by atoms with Crippen LogP contribution in [0.4, 0.5) is 26.3 Å². The molecule has 0 radical (unpaired) electrons. The molecular formula is C9H3ClF6O. The highest BCUT2D eigenvalue weighted by molar-refractivity contribution is 6.68. The van der Waals surface area contributed by atoms with Crippen LogP contribution in [0, 0.1) is 0 Å². The highest BCUT2D eigenvalue weighted by atomic mass is 35.5. The first-order chi connectivity index (χ1) is 7.55. The van der Waals surface area contributed by atoms with Gasteiger partial charge in [-0.25, -0.2) is 0 Å². The summed E-state index contributed by atoms with van der Waals surface area (Å²) >= 11 is 4.83. The van der Waals surface area contributed by atoms with E-state index in [1.54, 1.807) is 0 Å². The SMILES string of the molecule is O=C(Cl)c1cccc(C(F)(F)F)c1C(F)(F)F. The van der Waals surface area contributed by atoms with Crippen molar-refractivity contribution in [2.75, 3.05) is 0 Å². The maximum Gasteiger partial charge on any atom is 0.417 e. The van der Waals surface area contributed by atoms with Gasteiger partial charge in [-0.05, 0) is 23.7 Å². The molecule has 0 saturated heterocycles. The molecule has 0 fully saturated rings. The second-order valence-corrected chi connectivity index (χ2v) is 3.34. The van der Waals surface area contributed by atoms with Crippen molar-refractivity contribution in [2.24, 2.45) is 0 Å². The van der Waals surface area contributed by atoms with Crippen LogP contribution in [-0.4, -0.2) is 5.24 Å².